The largest absolute Gasteiger partial charge is 0.386 e. The first-order chi connectivity index (χ1) is 12.6. The maximum absolute atomic E-state index is 12.2. The van der Waals surface area contributed by atoms with Crippen molar-refractivity contribution in [2.24, 2.45) is 0 Å². The summed E-state index contributed by atoms with van der Waals surface area (Å²) in [5.41, 5.74) is 1.88. The van der Waals surface area contributed by atoms with Crippen LogP contribution in [0.2, 0.25) is 0 Å². The molecule has 2 aromatic carbocycles. The van der Waals surface area contributed by atoms with Crippen molar-refractivity contribution in [1.82, 2.24) is 4.90 Å². The number of carbonyl (C=O) groups is 2. The fourth-order valence-electron chi connectivity index (χ4n) is 3.08. The van der Waals surface area contributed by atoms with Crippen LogP contribution in [-0.4, -0.2) is 47.6 Å². The lowest BCUT2D eigenvalue weighted by Crippen LogP contribution is -2.51. The quantitative estimate of drug-likeness (QED) is 0.863. The summed E-state index contributed by atoms with van der Waals surface area (Å²) in [4.78, 5) is 25.7. The molecule has 0 spiro atoms. The van der Waals surface area contributed by atoms with E-state index < -0.39 is 12.1 Å². The lowest BCUT2D eigenvalue weighted by Gasteiger charge is -2.37. The highest BCUT2D eigenvalue weighted by molar-refractivity contribution is 6.04. The normalized spacial score (nSPS) is 18.5. The number of nitrogens with one attached hydrogen (secondary N) is 1. The van der Waals surface area contributed by atoms with Gasteiger partial charge >= 0.3 is 0 Å². The van der Waals surface area contributed by atoms with E-state index in [0.717, 1.165) is 0 Å². The first-order valence-corrected chi connectivity index (χ1v) is 8.61. The van der Waals surface area contributed by atoms with Gasteiger partial charge in [-0.2, -0.15) is 0 Å². The van der Waals surface area contributed by atoms with Gasteiger partial charge in [0, 0.05) is 17.8 Å². The molecule has 1 aliphatic rings. The van der Waals surface area contributed by atoms with Crippen molar-refractivity contribution in [3.8, 4) is 0 Å². The second-order valence-electron chi connectivity index (χ2n) is 6.15. The number of aliphatic hydroxyl groups excluding tert-OH is 1. The van der Waals surface area contributed by atoms with E-state index in [1.54, 1.807) is 53.4 Å². The SMILES string of the molecule is CCN1C(=O)COCC1C(O)c1ccc(NC(=O)c2ccccc2)cc1. The van der Waals surface area contributed by atoms with Crippen LogP contribution >= 0.6 is 0 Å². The Morgan fingerprint density at radius 2 is 1.92 bits per heavy atom. The molecule has 1 fully saturated rings. The minimum Gasteiger partial charge on any atom is -0.386 e. The molecule has 1 heterocycles. The fraction of sp³-hybridized carbons (Fsp3) is 0.300. The molecule has 6 heteroatoms. The lowest BCUT2D eigenvalue weighted by molar-refractivity contribution is -0.153. The van der Waals surface area contributed by atoms with Gasteiger partial charge in [0.25, 0.3) is 5.91 Å². The molecule has 0 bridgehead atoms. The van der Waals surface area contributed by atoms with Crippen molar-refractivity contribution in [1.29, 1.82) is 0 Å². The van der Waals surface area contributed by atoms with E-state index in [-0.39, 0.29) is 18.4 Å². The minimum absolute atomic E-state index is 0.0571. The van der Waals surface area contributed by atoms with Crippen LogP contribution in [0.5, 0.6) is 0 Å². The van der Waals surface area contributed by atoms with Crippen molar-refractivity contribution in [2.45, 2.75) is 19.1 Å². The number of likely N-dealkylation sites (N-methyl/N-ethyl adjacent to an activating group) is 1. The summed E-state index contributed by atoms with van der Waals surface area (Å²) in [5.74, 6) is -0.308. The molecule has 2 amide bonds. The Hall–Kier alpha value is -2.70. The summed E-state index contributed by atoms with van der Waals surface area (Å²) in [7, 11) is 0. The first kappa shape index (κ1) is 18.1. The van der Waals surface area contributed by atoms with E-state index in [0.29, 0.717) is 30.0 Å². The molecule has 1 saturated heterocycles. The van der Waals surface area contributed by atoms with Crippen LogP contribution in [0, 0.1) is 0 Å². The lowest BCUT2D eigenvalue weighted by atomic mass is 10.00. The summed E-state index contributed by atoms with van der Waals surface area (Å²) < 4.78 is 5.29. The predicted octanol–water partition coefficient (Wildman–Crippen LogP) is 2.22. The van der Waals surface area contributed by atoms with E-state index in [1.165, 1.54) is 0 Å². The maximum Gasteiger partial charge on any atom is 0.255 e. The van der Waals surface area contributed by atoms with Gasteiger partial charge < -0.3 is 20.1 Å². The molecular weight excluding hydrogens is 332 g/mol. The Morgan fingerprint density at radius 3 is 2.58 bits per heavy atom. The molecule has 3 rings (SSSR count). The fourth-order valence-corrected chi connectivity index (χ4v) is 3.08. The number of nitrogens with zero attached hydrogens (tertiary/aromatic N) is 1. The summed E-state index contributed by atoms with van der Waals surface area (Å²) in [6.07, 6.45) is -0.849. The van der Waals surface area contributed by atoms with Gasteiger partial charge in [0.2, 0.25) is 5.91 Å². The number of benzene rings is 2. The van der Waals surface area contributed by atoms with Gasteiger partial charge in [-0.1, -0.05) is 30.3 Å². The van der Waals surface area contributed by atoms with Crippen LogP contribution in [-0.2, 0) is 9.53 Å². The second-order valence-corrected chi connectivity index (χ2v) is 6.15. The van der Waals surface area contributed by atoms with Crippen molar-refractivity contribution < 1.29 is 19.4 Å². The molecule has 6 nitrogen and oxygen atoms in total. The highest BCUT2D eigenvalue weighted by atomic mass is 16.5. The summed E-state index contributed by atoms with van der Waals surface area (Å²) >= 11 is 0. The van der Waals surface area contributed by atoms with Crippen LogP contribution < -0.4 is 5.32 Å². The van der Waals surface area contributed by atoms with E-state index in [2.05, 4.69) is 5.32 Å². The number of rotatable bonds is 5. The molecule has 0 aliphatic carbocycles. The van der Waals surface area contributed by atoms with Crippen molar-refractivity contribution >= 4 is 17.5 Å². The number of aliphatic hydroxyl groups is 1. The molecule has 1 aliphatic heterocycles. The van der Waals surface area contributed by atoms with E-state index in [1.807, 2.05) is 13.0 Å². The van der Waals surface area contributed by atoms with Gasteiger partial charge in [0.05, 0.1) is 12.6 Å². The third kappa shape index (κ3) is 3.92. The molecule has 26 heavy (non-hydrogen) atoms. The molecular formula is C20H22N2O4. The Morgan fingerprint density at radius 1 is 1.23 bits per heavy atom. The van der Waals surface area contributed by atoms with Gasteiger partial charge in [-0.3, -0.25) is 9.59 Å². The van der Waals surface area contributed by atoms with Gasteiger partial charge in [-0.25, -0.2) is 0 Å². The van der Waals surface area contributed by atoms with Crippen LogP contribution in [0.1, 0.15) is 28.9 Å². The Labute approximate surface area is 152 Å². The molecule has 2 aromatic rings. The van der Waals surface area contributed by atoms with E-state index in [9.17, 15) is 14.7 Å². The third-order valence-electron chi connectivity index (χ3n) is 4.49. The average molecular weight is 354 g/mol. The smallest absolute Gasteiger partial charge is 0.255 e. The zero-order valence-electron chi connectivity index (χ0n) is 14.6. The minimum atomic E-state index is -0.849. The molecule has 0 saturated carbocycles. The van der Waals surface area contributed by atoms with Crippen LogP contribution in [0.25, 0.3) is 0 Å². The molecule has 2 N–H and O–H groups in total. The predicted molar refractivity (Wildman–Crippen MR) is 97.8 cm³/mol. The van der Waals surface area contributed by atoms with Gasteiger partial charge in [-0.15, -0.1) is 0 Å². The number of morpholine rings is 1. The van der Waals surface area contributed by atoms with Gasteiger partial charge in [-0.05, 0) is 36.8 Å². The maximum atomic E-state index is 12.2. The van der Waals surface area contributed by atoms with Crippen molar-refractivity contribution in [2.75, 3.05) is 25.1 Å². The topological polar surface area (TPSA) is 78.9 Å². The highest BCUT2D eigenvalue weighted by Crippen LogP contribution is 2.25. The van der Waals surface area contributed by atoms with Crippen LogP contribution in [0.3, 0.4) is 0 Å². The number of carbonyl (C=O) groups excluding carboxylic acids is 2. The summed E-state index contributed by atoms with van der Waals surface area (Å²) in [6, 6.07) is 15.5. The number of anilines is 1. The van der Waals surface area contributed by atoms with E-state index >= 15 is 0 Å². The zero-order chi connectivity index (χ0) is 18.5. The Kier molecular flexibility index (Phi) is 5.65. The second kappa shape index (κ2) is 8.12. The monoisotopic (exact) mass is 354 g/mol. The molecule has 2 unspecified atom stereocenters. The van der Waals surface area contributed by atoms with Crippen LogP contribution in [0.4, 0.5) is 5.69 Å². The van der Waals surface area contributed by atoms with E-state index in [4.69, 9.17) is 4.74 Å². The average Bonchev–Trinajstić information content (AvgIpc) is 2.68. The van der Waals surface area contributed by atoms with Gasteiger partial charge in [0.15, 0.2) is 0 Å². The number of ether oxygens (including phenoxy) is 1. The molecule has 0 radical (unpaired) electrons. The molecule has 2 atom stereocenters. The molecule has 136 valence electrons. The van der Waals surface area contributed by atoms with Crippen molar-refractivity contribution in [3.05, 3.63) is 65.7 Å². The third-order valence-corrected chi connectivity index (χ3v) is 4.49. The highest BCUT2D eigenvalue weighted by Gasteiger charge is 2.33. The molecule has 0 aromatic heterocycles. The zero-order valence-corrected chi connectivity index (χ0v) is 14.6. The van der Waals surface area contributed by atoms with Crippen molar-refractivity contribution in [3.63, 3.8) is 0 Å². The Balaban J connectivity index is 1.69. The van der Waals surface area contributed by atoms with Gasteiger partial charge in [0.1, 0.15) is 12.7 Å². The first-order valence-electron chi connectivity index (χ1n) is 8.61. The summed E-state index contributed by atoms with van der Waals surface area (Å²) in [6.45, 7) is 2.76. The number of hydrogen-bond donors (Lipinski definition) is 2. The standard InChI is InChI=1S/C20H22N2O4/c1-2-22-17(12-26-13-18(22)23)19(24)14-8-10-16(11-9-14)21-20(25)15-6-4-3-5-7-15/h3-11,17,19,24H,2,12-13H2,1H3,(H,21,25). The Bertz CT molecular complexity index is 761. The van der Waals surface area contributed by atoms with Crippen LogP contribution in [0.15, 0.2) is 54.6 Å². The number of amides is 2. The number of hydrogen-bond acceptors (Lipinski definition) is 4. The summed E-state index contributed by atoms with van der Waals surface area (Å²) in [5, 5.41) is 13.5.